The van der Waals surface area contributed by atoms with Crippen molar-refractivity contribution in [3.05, 3.63) is 30.0 Å². The Morgan fingerprint density at radius 1 is 1.50 bits per heavy atom. The fourth-order valence-corrected chi connectivity index (χ4v) is 1.78. The van der Waals surface area contributed by atoms with Crippen molar-refractivity contribution in [3.8, 4) is 11.1 Å². The molecule has 0 saturated heterocycles. The number of carbonyl (C=O) groups is 1. The van der Waals surface area contributed by atoms with Crippen molar-refractivity contribution < 1.29 is 9.21 Å². The highest BCUT2D eigenvalue weighted by Crippen LogP contribution is 2.26. The summed E-state index contributed by atoms with van der Waals surface area (Å²) >= 11 is 0. The number of hydrogen-bond donors (Lipinski definition) is 0. The average molecular weight is 218 g/mol. The van der Waals surface area contributed by atoms with Gasteiger partial charge in [0.25, 0.3) is 0 Å². The van der Waals surface area contributed by atoms with E-state index in [1.54, 1.807) is 12.3 Å². The van der Waals surface area contributed by atoms with Gasteiger partial charge in [-0.25, -0.2) is 0 Å². The van der Waals surface area contributed by atoms with Gasteiger partial charge in [-0.3, -0.25) is 9.48 Å². The minimum Gasteiger partial charge on any atom is -0.461 e. The standard InChI is InChI=1S/C12H14N2O2/c1-3-5-14-9(2)11(7-13-14)10-4-6-16-12(10)8-15/h4,6-8H,3,5H2,1-2H3. The van der Waals surface area contributed by atoms with Crippen molar-refractivity contribution in [2.45, 2.75) is 26.8 Å². The van der Waals surface area contributed by atoms with Crippen molar-refractivity contribution in [2.75, 3.05) is 0 Å². The predicted molar refractivity (Wildman–Crippen MR) is 60.3 cm³/mol. The van der Waals surface area contributed by atoms with Crippen molar-refractivity contribution in [3.63, 3.8) is 0 Å². The highest BCUT2D eigenvalue weighted by molar-refractivity contribution is 5.84. The van der Waals surface area contributed by atoms with Crippen molar-refractivity contribution in [2.24, 2.45) is 0 Å². The maximum atomic E-state index is 10.8. The van der Waals surface area contributed by atoms with Crippen LogP contribution in [-0.4, -0.2) is 16.1 Å². The fourth-order valence-electron chi connectivity index (χ4n) is 1.78. The zero-order valence-corrected chi connectivity index (χ0v) is 9.43. The van der Waals surface area contributed by atoms with Crippen LogP contribution in [0, 0.1) is 6.92 Å². The molecule has 0 aliphatic carbocycles. The Kier molecular flexibility index (Phi) is 2.90. The first-order chi connectivity index (χ1) is 7.77. The Balaban J connectivity index is 2.44. The molecule has 84 valence electrons. The summed E-state index contributed by atoms with van der Waals surface area (Å²) in [6.45, 7) is 5.00. The van der Waals surface area contributed by atoms with Gasteiger partial charge in [0.1, 0.15) is 0 Å². The molecular formula is C12H14N2O2. The van der Waals surface area contributed by atoms with Gasteiger partial charge in [0.15, 0.2) is 12.0 Å². The van der Waals surface area contributed by atoms with Gasteiger partial charge < -0.3 is 4.42 Å². The normalized spacial score (nSPS) is 10.6. The quantitative estimate of drug-likeness (QED) is 0.741. The largest absolute Gasteiger partial charge is 0.461 e. The van der Waals surface area contributed by atoms with Crippen molar-refractivity contribution in [1.29, 1.82) is 0 Å². The second kappa shape index (κ2) is 4.35. The zero-order chi connectivity index (χ0) is 11.5. The van der Waals surface area contributed by atoms with Gasteiger partial charge in [-0.05, 0) is 19.4 Å². The summed E-state index contributed by atoms with van der Waals surface area (Å²) in [6, 6.07) is 1.80. The lowest BCUT2D eigenvalue weighted by Gasteiger charge is -2.02. The van der Waals surface area contributed by atoms with Gasteiger partial charge >= 0.3 is 0 Å². The third kappa shape index (κ3) is 1.66. The van der Waals surface area contributed by atoms with E-state index >= 15 is 0 Å². The zero-order valence-electron chi connectivity index (χ0n) is 9.43. The van der Waals surface area contributed by atoms with Crippen LogP contribution in [0.25, 0.3) is 11.1 Å². The second-order valence-corrected chi connectivity index (χ2v) is 3.68. The number of aromatic nitrogens is 2. The number of rotatable bonds is 4. The second-order valence-electron chi connectivity index (χ2n) is 3.68. The van der Waals surface area contributed by atoms with Crippen LogP contribution < -0.4 is 0 Å². The fraction of sp³-hybridized carbons (Fsp3) is 0.333. The molecule has 0 unspecified atom stereocenters. The minimum absolute atomic E-state index is 0.360. The lowest BCUT2D eigenvalue weighted by atomic mass is 10.1. The Hall–Kier alpha value is -1.84. The van der Waals surface area contributed by atoms with E-state index in [9.17, 15) is 4.79 Å². The van der Waals surface area contributed by atoms with E-state index in [1.807, 2.05) is 11.6 Å². The lowest BCUT2D eigenvalue weighted by molar-refractivity contribution is 0.110. The first kappa shape index (κ1) is 10.7. The molecule has 0 bridgehead atoms. The van der Waals surface area contributed by atoms with Crippen LogP contribution in [0.4, 0.5) is 0 Å². The van der Waals surface area contributed by atoms with Crippen LogP contribution in [0.15, 0.2) is 22.9 Å². The Morgan fingerprint density at radius 2 is 2.31 bits per heavy atom. The van der Waals surface area contributed by atoms with E-state index in [4.69, 9.17) is 4.42 Å². The van der Waals surface area contributed by atoms with E-state index in [1.165, 1.54) is 6.26 Å². The SMILES string of the molecule is CCCn1ncc(-c2ccoc2C=O)c1C. The highest BCUT2D eigenvalue weighted by Gasteiger charge is 2.13. The predicted octanol–water partition coefficient (Wildman–Crippen LogP) is 2.67. The summed E-state index contributed by atoms with van der Waals surface area (Å²) < 4.78 is 7.03. The third-order valence-electron chi connectivity index (χ3n) is 2.63. The molecule has 0 atom stereocenters. The van der Waals surface area contributed by atoms with E-state index < -0.39 is 0 Å². The molecule has 0 amide bonds. The molecule has 0 aliphatic heterocycles. The average Bonchev–Trinajstić information content (AvgIpc) is 2.87. The summed E-state index contributed by atoms with van der Waals surface area (Å²) in [5.41, 5.74) is 2.84. The molecule has 2 rings (SSSR count). The molecule has 0 spiro atoms. The summed E-state index contributed by atoms with van der Waals surface area (Å²) in [5, 5.41) is 4.30. The summed E-state index contributed by atoms with van der Waals surface area (Å²) in [4.78, 5) is 10.8. The van der Waals surface area contributed by atoms with Crippen LogP contribution in [0.3, 0.4) is 0 Å². The van der Waals surface area contributed by atoms with Gasteiger partial charge in [-0.2, -0.15) is 5.10 Å². The number of aryl methyl sites for hydroxylation is 1. The van der Waals surface area contributed by atoms with Gasteiger partial charge in [0.2, 0.25) is 0 Å². The maximum absolute atomic E-state index is 10.8. The highest BCUT2D eigenvalue weighted by atomic mass is 16.3. The topological polar surface area (TPSA) is 48.0 Å². The van der Waals surface area contributed by atoms with Gasteiger partial charge in [0.05, 0.1) is 12.5 Å². The summed E-state index contributed by atoms with van der Waals surface area (Å²) in [5.74, 6) is 0.360. The number of furan rings is 1. The van der Waals surface area contributed by atoms with Crippen LogP contribution in [-0.2, 0) is 6.54 Å². The number of aldehydes is 1. The van der Waals surface area contributed by atoms with Crippen LogP contribution >= 0.6 is 0 Å². The van der Waals surface area contributed by atoms with E-state index in [2.05, 4.69) is 12.0 Å². The van der Waals surface area contributed by atoms with Gasteiger partial charge in [0, 0.05) is 23.4 Å². The molecule has 2 aromatic heterocycles. The molecular weight excluding hydrogens is 204 g/mol. The number of nitrogens with zero attached hydrogens (tertiary/aromatic N) is 2. The molecule has 4 heteroatoms. The smallest absolute Gasteiger partial charge is 0.185 e. The van der Waals surface area contributed by atoms with Gasteiger partial charge in [-0.15, -0.1) is 0 Å². The molecule has 0 radical (unpaired) electrons. The molecule has 0 saturated carbocycles. The molecule has 16 heavy (non-hydrogen) atoms. The number of carbonyl (C=O) groups excluding carboxylic acids is 1. The van der Waals surface area contributed by atoms with E-state index in [-0.39, 0.29) is 0 Å². The molecule has 4 nitrogen and oxygen atoms in total. The maximum Gasteiger partial charge on any atom is 0.185 e. The lowest BCUT2D eigenvalue weighted by Crippen LogP contribution is -2.00. The minimum atomic E-state index is 0.360. The number of hydrogen-bond acceptors (Lipinski definition) is 3. The van der Waals surface area contributed by atoms with E-state index in [0.717, 1.165) is 36.1 Å². The van der Waals surface area contributed by atoms with Crippen molar-refractivity contribution >= 4 is 6.29 Å². The van der Waals surface area contributed by atoms with E-state index in [0.29, 0.717) is 5.76 Å². The monoisotopic (exact) mass is 218 g/mol. The first-order valence-corrected chi connectivity index (χ1v) is 5.33. The van der Waals surface area contributed by atoms with Crippen LogP contribution in [0.2, 0.25) is 0 Å². The molecule has 2 aromatic rings. The molecule has 2 heterocycles. The third-order valence-corrected chi connectivity index (χ3v) is 2.63. The Morgan fingerprint density at radius 3 is 3.00 bits per heavy atom. The summed E-state index contributed by atoms with van der Waals surface area (Å²) in [7, 11) is 0. The van der Waals surface area contributed by atoms with Crippen molar-refractivity contribution in [1.82, 2.24) is 9.78 Å². The van der Waals surface area contributed by atoms with Gasteiger partial charge in [-0.1, -0.05) is 6.92 Å². The molecule has 0 N–H and O–H groups in total. The molecule has 0 aliphatic rings. The van der Waals surface area contributed by atoms with Crippen LogP contribution in [0.5, 0.6) is 0 Å². The summed E-state index contributed by atoms with van der Waals surface area (Å²) in [6.07, 6.45) is 5.07. The first-order valence-electron chi connectivity index (χ1n) is 5.33. The molecule has 0 fully saturated rings. The Bertz CT molecular complexity index is 497. The molecule has 0 aromatic carbocycles. The van der Waals surface area contributed by atoms with Crippen LogP contribution in [0.1, 0.15) is 29.6 Å². The Labute approximate surface area is 93.9 Å².